The number of phenols is 1. The number of hydrogen-bond acceptors (Lipinski definition) is 3. The van der Waals surface area contributed by atoms with E-state index in [2.05, 4.69) is 0 Å². The van der Waals surface area contributed by atoms with E-state index in [9.17, 15) is 5.11 Å². The summed E-state index contributed by atoms with van der Waals surface area (Å²) in [6.07, 6.45) is 1.37. The van der Waals surface area contributed by atoms with Crippen LogP contribution in [0.3, 0.4) is 0 Å². The zero-order valence-electron chi connectivity index (χ0n) is 7.78. The summed E-state index contributed by atoms with van der Waals surface area (Å²) in [7, 11) is 0. The second-order valence-corrected chi connectivity index (χ2v) is 3.59. The van der Waals surface area contributed by atoms with Crippen molar-refractivity contribution in [2.45, 2.75) is 18.9 Å². The lowest BCUT2D eigenvalue weighted by Crippen LogP contribution is -2.10. The van der Waals surface area contributed by atoms with Gasteiger partial charge < -0.3 is 15.9 Å². The maximum Gasteiger partial charge on any atom is 0.134 e. The van der Waals surface area contributed by atoms with Crippen LogP contribution in [-0.2, 0) is 0 Å². The second kappa shape index (κ2) is 5.20. The van der Waals surface area contributed by atoms with Crippen LogP contribution in [0.25, 0.3) is 0 Å². The predicted octanol–water partition coefficient (Wildman–Crippen LogP) is 1.82. The molecule has 1 aromatic carbocycles. The van der Waals surface area contributed by atoms with Crippen LogP contribution in [0.4, 0.5) is 0 Å². The summed E-state index contributed by atoms with van der Waals surface area (Å²) in [6.45, 7) is 0.138. The van der Waals surface area contributed by atoms with Gasteiger partial charge in [-0.15, -0.1) is 0 Å². The molecule has 1 aromatic rings. The van der Waals surface area contributed by atoms with Crippen molar-refractivity contribution in [2.24, 2.45) is 5.73 Å². The Morgan fingerprint density at radius 1 is 1.43 bits per heavy atom. The predicted molar refractivity (Wildman–Crippen MR) is 56.4 cm³/mol. The molecule has 0 bridgehead atoms. The van der Waals surface area contributed by atoms with Crippen molar-refractivity contribution in [1.82, 2.24) is 0 Å². The van der Waals surface area contributed by atoms with Crippen LogP contribution < -0.4 is 5.73 Å². The number of nitrogens with two attached hydrogens (primary N) is 1. The van der Waals surface area contributed by atoms with Crippen molar-refractivity contribution in [1.29, 1.82) is 0 Å². The van der Waals surface area contributed by atoms with Gasteiger partial charge in [0.15, 0.2) is 0 Å². The fraction of sp³-hybridized carbons (Fsp3) is 0.400. The monoisotopic (exact) mass is 215 g/mol. The Labute approximate surface area is 88.1 Å². The highest BCUT2D eigenvalue weighted by Gasteiger charge is 2.07. The Hall–Kier alpha value is -0.770. The Morgan fingerprint density at radius 3 is 2.71 bits per heavy atom. The molecule has 0 spiro atoms. The molecule has 78 valence electrons. The first-order valence-electron chi connectivity index (χ1n) is 4.50. The maximum atomic E-state index is 9.19. The lowest BCUT2D eigenvalue weighted by atomic mass is 10.0. The average molecular weight is 216 g/mol. The van der Waals surface area contributed by atoms with Gasteiger partial charge >= 0.3 is 0 Å². The summed E-state index contributed by atoms with van der Waals surface area (Å²) < 4.78 is 0. The van der Waals surface area contributed by atoms with E-state index in [4.69, 9.17) is 22.4 Å². The smallest absolute Gasteiger partial charge is 0.134 e. The summed E-state index contributed by atoms with van der Waals surface area (Å²) in [5.41, 5.74) is 6.72. The van der Waals surface area contributed by atoms with E-state index in [0.29, 0.717) is 17.9 Å². The molecule has 4 heteroatoms. The van der Waals surface area contributed by atoms with Crippen LogP contribution in [0, 0.1) is 0 Å². The van der Waals surface area contributed by atoms with Gasteiger partial charge in [0.25, 0.3) is 0 Å². The number of hydrogen-bond donors (Lipinski definition) is 3. The van der Waals surface area contributed by atoms with Gasteiger partial charge in [-0.05, 0) is 30.5 Å². The molecule has 0 unspecified atom stereocenters. The van der Waals surface area contributed by atoms with E-state index >= 15 is 0 Å². The first kappa shape index (κ1) is 11.3. The number of aromatic hydroxyl groups is 1. The summed E-state index contributed by atoms with van der Waals surface area (Å²) >= 11 is 5.74. The van der Waals surface area contributed by atoms with Crippen molar-refractivity contribution in [3.63, 3.8) is 0 Å². The Balaban J connectivity index is 2.70. The number of halogens is 1. The number of rotatable bonds is 4. The topological polar surface area (TPSA) is 66.5 Å². The van der Waals surface area contributed by atoms with E-state index in [1.165, 1.54) is 6.07 Å². The van der Waals surface area contributed by atoms with E-state index in [1.54, 1.807) is 12.1 Å². The van der Waals surface area contributed by atoms with Crippen LogP contribution in [-0.4, -0.2) is 16.8 Å². The van der Waals surface area contributed by atoms with Crippen LogP contribution in [0.2, 0.25) is 5.02 Å². The third kappa shape index (κ3) is 2.87. The zero-order chi connectivity index (χ0) is 10.6. The zero-order valence-corrected chi connectivity index (χ0v) is 8.54. The first-order valence-corrected chi connectivity index (χ1v) is 4.88. The number of benzene rings is 1. The summed E-state index contributed by atoms with van der Waals surface area (Å²) in [6, 6.07) is 4.78. The van der Waals surface area contributed by atoms with Gasteiger partial charge in [0, 0.05) is 12.6 Å². The molecular formula is C10H14ClNO2. The molecule has 0 fully saturated rings. The van der Waals surface area contributed by atoms with Crippen molar-refractivity contribution in [3.8, 4) is 5.75 Å². The minimum absolute atomic E-state index is 0.0600. The minimum Gasteiger partial charge on any atom is -0.506 e. The molecule has 0 saturated heterocycles. The fourth-order valence-electron chi connectivity index (χ4n) is 1.23. The van der Waals surface area contributed by atoms with Crippen LogP contribution in [0.5, 0.6) is 5.75 Å². The molecule has 1 rings (SSSR count). The van der Waals surface area contributed by atoms with Gasteiger partial charge in [0.05, 0.1) is 5.02 Å². The highest BCUT2D eigenvalue weighted by Crippen LogP contribution is 2.27. The molecule has 0 heterocycles. The highest BCUT2D eigenvalue weighted by atomic mass is 35.5. The van der Waals surface area contributed by atoms with Crippen molar-refractivity contribution < 1.29 is 10.2 Å². The third-order valence-corrected chi connectivity index (χ3v) is 2.38. The van der Waals surface area contributed by atoms with Crippen LogP contribution in [0.1, 0.15) is 24.4 Å². The molecular weight excluding hydrogens is 202 g/mol. The summed E-state index contributed by atoms with van der Waals surface area (Å²) in [5.74, 6) is 0.0600. The standard InChI is InChI=1S/C10H14ClNO2/c11-8-6-7(3-4-10(8)14)9(12)2-1-5-13/h3-4,6,9,13-14H,1-2,5,12H2/t9-/m1/s1. The van der Waals surface area contributed by atoms with Gasteiger partial charge in [-0.3, -0.25) is 0 Å². The van der Waals surface area contributed by atoms with E-state index < -0.39 is 0 Å². The molecule has 1 atom stereocenters. The van der Waals surface area contributed by atoms with Gasteiger partial charge in [-0.2, -0.15) is 0 Å². The number of aliphatic hydroxyl groups excluding tert-OH is 1. The number of phenolic OH excluding ortho intramolecular Hbond substituents is 1. The molecule has 0 aliphatic carbocycles. The molecule has 0 aliphatic rings. The second-order valence-electron chi connectivity index (χ2n) is 3.18. The molecule has 0 aliphatic heterocycles. The Bertz CT molecular complexity index is 304. The molecule has 0 amide bonds. The number of aliphatic hydroxyl groups is 1. The maximum absolute atomic E-state index is 9.19. The van der Waals surface area contributed by atoms with Gasteiger partial charge in [-0.25, -0.2) is 0 Å². The van der Waals surface area contributed by atoms with E-state index in [0.717, 1.165) is 5.56 Å². The Kier molecular flexibility index (Phi) is 4.20. The lowest BCUT2D eigenvalue weighted by molar-refractivity contribution is 0.280. The van der Waals surface area contributed by atoms with E-state index in [-0.39, 0.29) is 18.4 Å². The van der Waals surface area contributed by atoms with E-state index in [1.807, 2.05) is 0 Å². The van der Waals surface area contributed by atoms with Crippen molar-refractivity contribution in [3.05, 3.63) is 28.8 Å². The summed E-state index contributed by atoms with van der Waals surface area (Å²) in [4.78, 5) is 0. The third-order valence-electron chi connectivity index (χ3n) is 2.07. The first-order chi connectivity index (χ1) is 6.65. The van der Waals surface area contributed by atoms with Gasteiger partial charge in [-0.1, -0.05) is 17.7 Å². The van der Waals surface area contributed by atoms with Gasteiger partial charge in [0.2, 0.25) is 0 Å². The normalized spacial score (nSPS) is 12.8. The lowest BCUT2D eigenvalue weighted by Gasteiger charge is -2.11. The summed E-state index contributed by atoms with van der Waals surface area (Å²) in [5, 5.41) is 18.1. The largest absolute Gasteiger partial charge is 0.506 e. The van der Waals surface area contributed by atoms with Gasteiger partial charge in [0.1, 0.15) is 5.75 Å². The molecule has 14 heavy (non-hydrogen) atoms. The van der Waals surface area contributed by atoms with Crippen LogP contribution >= 0.6 is 11.6 Å². The Morgan fingerprint density at radius 2 is 2.14 bits per heavy atom. The highest BCUT2D eigenvalue weighted by molar-refractivity contribution is 6.32. The molecule has 4 N–H and O–H groups in total. The molecule has 0 radical (unpaired) electrons. The quantitative estimate of drug-likeness (QED) is 0.718. The molecule has 0 saturated carbocycles. The van der Waals surface area contributed by atoms with Crippen molar-refractivity contribution in [2.75, 3.05) is 6.61 Å². The molecule has 0 aromatic heterocycles. The SMILES string of the molecule is N[C@H](CCCO)c1ccc(O)c(Cl)c1. The molecule has 3 nitrogen and oxygen atoms in total. The van der Waals surface area contributed by atoms with Crippen molar-refractivity contribution >= 4 is 11.6 Å². The fourth-order valence-corrected chi connectivity index (χ4v) is 1.42. The van der Waals surface area contributed by atoms with Crippen LogP contribution in [0.15, 0.2) is 18.2 Å². The minimum atomic E-state index is -0.139. The average Bonchev–Trinajstić information content (AvgIpc) is 2.18.